The number of halogens is 2. The van der Waals surface area contributed by atoms with Gasteiger partial charge in [0.2, 0.25) is 0 Å². The second-order valence-corrected chi connectivity index (χ2v) is 8.67. The zero-order valence-electron chi connectivity index (χ0n) is 16.0. The molecule has 2 aromatic rings. The number of carbonyl (C=O) groups excluding carboxylic acids is 1. The molecule has 2 heterocycles. The lowest BCUT2D eigenvalue weighted by Gasteiger charge is -2.39. The van der Waals surface area contributed by atoms with Gasteiger partial charge in [-0.15, -0.1) is 0 Å². The van der Waals surface area contributed by atoms with Crippen LogP contribution in [0.3, 0.4) is 0 Å². The highest BCUT2D eigenvalue weighted by Gasteiger charge is 2.34. The molecule has 150 valence electrons. The molecule has 1 saturated heterocycles. The monoisotopic (exact) mass is 440 g/mol. The summed E-state index contributed by atoms with van der Waals surface area (Å²) in [5.74, 6) is 0.820. The van der Waals surface area contributed by atoms with Crippen molar-refractivity contribution in [2.45, 2.75) is 42.2 Å². The molecule has 0 unspecified atom stereocenters. The number of anilines is 1. The maximum Gasteiger partial charge on any atom is 0.407 e. The van der Waals surface area contributed by atoms with E-state index in [2.05, 4.69) is 15.2 Å². The van der Waals surface area contributed by atoms with Crippen LogP contribution in [0.4, 0.5) is 10.6 Å². The minimum atomic E-state index is -0.460. The number of benzene rings is 1. The normalized spacial score (nSPS) is 16.0. The third-order valence-corrected chi connectivity index (χ3v) is 6.79. The fraction of sp³-hybridized carbons (Fsp3) is 0.421. The standard InChI is InChI=1S/C19H22Cl2N4O2S/c1-12-17(28-14-6-4-5-13(20)16(14)21)23-11-15(24-12)25-9-7-19(2,8-10-25)27-18(26)22-3/h4-6,11H,7-10H2,1-3H3,(H,22,26). The van der Waals surface area contributed by atoms with Crippen LogP contribution < -0.4 is 10.2 Å². The molecule has 0 atom stereocenters. The van der Waals surface area contributed by atoms with Gasteiger partial charge in [0.15, 0.2) is 0 Å². The van der Waals surface area contributed by atoms with Crippen LogP contribution in [0.25, 0.3) is 0 Å². The van der Waals surface area contributed by atoms with Gasteiger partial charge < -0.3 is 15.0 Å². The molecule has 1 amide bonds. The number of alkyl carbamates (subject to hydrolysis) is 1. The smallest absolute Gasteiger partial charge is 0.407 e. The Morgan fingerprint density at radius 3 is 2.68 bits per heavy atom. The van der Waals surface area contributed by atoms with Crippen molar-refractivity contribution in [2.75, 3.05) is 25.0 Å². The largest absolute Gasteiger partial charge is 0.443 e. The van der Waals surface area contributed by atoms with Crippen LogP contribution in [0.1, 0.15) is 25.5 Å². The SMILES string of the molecule is CNC(=O)OC1(C)CCN(c2cnc(Sc3cccc(Cl)c3Cl)c(C)n2)CC1. The number of carbonyl (C=O) groups is 1. The minimum Gasteiger partial charge on any atom is -0.443 e. The van der Waals surface area contributed by atoms with Gasteiger partial charge in [-0.3, -0.25) is 0 Å². The number of ether oxygens (including phenoxy) is 1. The van der Waals surface area contributed by atoms with Gasteiger partial charge in [0.1, 0.15) is 16.4 Å². The van der Waals surface area contributed by atoms with Crippen molar-refractivity contribution >= 4 is 46.9 Å². The molecule has 9 heteroatoms. The third kappa shape index (κ3) is 4.82. The number of nitrogens with zero attached hydrogens (tertiary/aromatic N) is 3. The van der Waals surface area contributed by atoms with E-state index in [-0.39, 0.29) is 0 Å². The van der Waals surface area contributed by atoms with Gasteiger partial charge in [-0.1, -0.05) is 41.0 Å². The molecular formula is C19H22Cl2N4O2S. The van der Waals surface area contributed by atoms with Gasteiger partial charge in [0.25, 0.3) is 0 Å². The van der Waals surface area contributed by atoms with E-state index in [4.69, 9.17) is 32.9 Å². The molecule has 3 rings (SSSR count). The number of nitrogens with one attached hydrogen (secondary N) is 1. The van der Waals surface area contributed by atoms with Crippen LogP contribution in [0, 0.1) is 6.92 Å². The molecule has 1 aliphatic heterocycles. The molecule has 0 bridgehead atoms. The summed E-state index contributed by atoms with van der Waals surface area (Å²) in [5, 5.41) is 4.33. The van der Waals surface area contributed by atoms with Gasteiger partial charge in [-0.25, -0.2) is 14.8 Å². The first kappa shape index (κ1) is 21.0. The minimum absolute atomic E-state index is 0.396. The van der Waals surface area contributed by atoms with Gasteiger partial charge >= 0.3 is 6.09 Å². The lowest BCUT2D eigenvalue weighted by atomic mass is 9.93. The second-order valence-electron chi connectivity index (χ2n) is 6.85. The Morgan fingerprint density at radius 1 is 1.32 bits per heavy atom. The Kier molecular flexibility index (Phi) is 6.58. The van der Waals surface area contributed by atoms with Gasteiger partial charge in [-0.2, -0.15) is 0 Å². The lowest BCUT2D eigenvalue weighted by Crippen LogP contribution is -2.46. The summed E-state index contributed by atoms with van der Waals surface area (Å²) in [6, 6.07) is 5.53. The van der Waals surface area contributed by atoms with Crippen molar-refractivity contribution in [3.63, 3.8) is 0 Å². The number of amides is 1. The predicted molar refractivity (Wildman–Crippen MR) is 113 cm³/mol. The summed E-state index contributed by atoms with van der Waals surface area (Å²) in [6.07, 6.45) is 2.84. The zero-order chi connectivity index (χ0) is 20.3. The summed E-state index contributed by atoms with van der Waals surface area (Å²) in [5.41, 5.74) is 0.367. The van der Waals surface area contributed by atoms with Crippen molar-refractivity contribution in [2.24, 2.45) is 0 Å². The molecule has 1 aliphatic rings. The highest BCUT2D eigenvalue weighted by Crippen LogP contribution is 2.37. The lowest BCUT2D eigenvalue weighted by molar-refractivity contribution is 0.00824. The Balaban J connectivity index is 1.68. The fourth-order valence-electron chi connectivity index (χ4n) is 2.96. The molecule has 28 heavy (non-hydrogen) atoms. The topological polar surface area (TPSA) is 67.3 Å². The summed E-state index contributed by atoms with van der Waals surface area (Å²) in [4.78, 5) is 23.8. The first-order chi connectivity index (χ1) is 13.3. The third-order valence-electron chi connectivity index (χ3n) is 4.70. The van der Waals surface area contributed by atoms with Crippen molar-refractivity contribution in [1.29, 1.82) is 0 Å². The van der Waals surface area contributed by atoms with E-state index in [0.29, 0.717) is 10.0 Å². The van der Waals surface area contributed by atoms with E-state index >= 15 is 0 Å². The molecule has 0 spiro atoms. The Morgan fingerprint density at radius 2 is 2.04 bits per heavy atom. The molecule has 1 fully saturated rings. The quantitative estimate of drug-likeness (QED) is 0.724. The number of hydrogen-bond acceptors (Lipinski definition) is 6. The molecule has 1 aromatic carbocycles. The first-order valence-electron chi connectivity index (χ1n) is 8.92. The zero-order valence-corrected chi connectivity index (χ0v) is 18.3. The van der Waals surface area contributed by atoms with Crippen molar-refractivity contribution in [3.05, 3.63) is 40.1 Å². The predicted octanol–water partition coefficient (Wildman–Crippen LogP) is 4.96. The van der Waals surface area contributed by atoms with Crippen molar-refractivity contribution in [3.8, 4) is 0 Å². The van der Waals surface area contributed by atoms with Crippen molar-refractivity contribution in [1.82, 2.24) is 15.3 Å². The molecule has 6 nitrogen and oxygen atoms in total. The van der Waals surface area contributed by atoms with Crippen molar-refractivity contribution < 1.29 is 9.53 Å². The molecule has 0 saturated carbocycles. The van der Waals surface area contributed by atoms with E-state index in [1.165, 1.54) is 11.8 Å². The number of aryl methyl sites for hydroxylation is 1. The molecular weight excluding hydrogens is 419 g/mol. The average Bonchev–Trinajstić information content (AvgIpc) is 2.67. The second kappa shape index (κ2) is 8.76. The average molecular weight is 441 g/mol. The summed E-state index contributed by atoms with van der Waals surface area (Å²) in [7, 11) is 1.56. The Bertz CT molecular complexity index is 873. The first-order valence-corrected chi connectivity index (χ1v) is 10.5. The van der Waals surface area contributed by atoms with E-state index < -0.39 is 11.7 Å². The summed E-state index contributed by atoms with van der Waals surface area (Å²) in [6.45, 7) is 5.38. The Labute approximate surface area is 179 Å². The maximum absolute atomic E-state index is 11.5. The van der Waals surface area contributed by atoms with Crippen LogP contribution in [-0.4, -0.2) is 41.8 Å². The number of hydrogen-bond donors (Lipinski definition) is 1. The van der Waals surface area contributed by atoms with Gasteiger partial charge in [0.05, 0.1) is 21.9 Å². The number of rotatable bonds is 4. The van der Waals surface area contributed by atoms with E-state index in [9.17, 15) is 4.79 Å². The molecule has 1 aromatic heterocycles. The Hall–Kier alpha value is -1.70. The van der Waals surface area contributed by atoms with E-state index in [0.717, 1.165) is 47.4 Å². The van der Waals surface area contributed by atoms with Crippen LogP contribution in [0.2, 0.25) is 10.0 Å². The highest BCUT2D eigenvalue weighted by atomic mass is 35.5. The van der Waals surface area contributed by atoms with Crippen LogP contribution >= 0.6 is 35.0 Å². The maximum atomic E-state index is 11.5. The van der Waals surface area contributed by atoms with Gasteiger partial charge in [-0.05, 0) is 26.0 Å². The highest BCUT2D eigenvalue weighted by molar-refractivity contribution is 7.99. The van der Waals surface area contributed by atoms with Gasteiger partial charge in [0, 0.05) is 37.9 Å². The molecule has 1 N–H and O–H groups in total. The fourth-order valence-corrected chi connectivity index (χ4v) is 4.29. The van der Waals surface area contributed by atoms with E-state index in [1.54, 1.807) is 19.3 Å². The van der Waals surface area contributed by atoms with Crippen LogP contribution in [-0.2, 0) is 4.74 Å². The van der Waals surface area contributed by atoms with Crippen LogP contribution in [0.15, 0.2) is 34.3 Å². The summed E-state index contributed by atoms with van der Waals surface area (Å²) < 4.78 is 5.50. The molecule has 0 radical (unpaired) electrons. The van der Waals surface area contributed by atoms with Crippen LogP contribution in [0.5, 0.6) is 0 Å². The summed E-state index contributed by atoms with van der Waals surface area (Å²) >= 11 is 13.8. The van der Waals surface area contributed by atoms with E-state index in [1.807, 2.05) is 26.0 Å². The molecule has 0 aliphatic carbocycles. The number of piperidine rings is 1. The number of aromatic nitrogens is 2.